The zero-order chi connectivity index (χ0) is 11.7. The number of carboxylic acids is 1. The van der Waals surface area contributed by atoms with Crippen molar-refractivity contribution in [2.24, 2.45) is 7.05 Å². The first-order valence-electron chi connectivity index (χ1n) is 5.10. The molecule has 6 nitrogen and oxygen atoms in total. The standard InChI is InChI=1S/C10H13N3O3/c1-12-8(4-5-11-12)10(16)13(6-9(14)15)7-2-3-7/h4-5,7H,2-3,6H2,1H3,(H,14,15). The number of aliphatic carboxylic acids is 1. The Morgan fingerprint density at radius 2 is 2.31 bits per heavy atom. The SMILES string of the molecule is Cn1nccc1C(=O)N(CC(=O)O)C1CC1. The lowest BCUT2D eigenvalue weighted by molar-refractivity contribution is -0.137. The minimum atomic E-state index is -0.984. The van der Waals surface area contributed by atoms with Gasteiger partial charge in [-0.2, -0.15) is 5.10 Å². The summed E-state index contributed by atoms with van der Waals surface area (Å²) >= 11 is 0. The average Bonchev–Trinajstić information content (AvgIpc) is 2.97. The molecule has 0 spiro atoms. The molecule has 0 radical (unpaired) electrons. The maximum atomic E-state index is 12.0. The number of amides is 1. The molecule has 0 aromatic carbocycles. The van der Waals surface area contributed by atoms with E-state index in [1.165, 1.54) is 15.8 Å². The van der Waals surface area contributed by atoms with Crippen molar-refractivity contribution in [1.29, 1.82) is 0 Å². The van der Waals surface area contributed by atoms with Gasteiger partial charge in [0.05, 0.1) is 0 Å². The molecule has 0 saturated heterocycles. The summed E-state index contributed by atoms with van der Waals surface area (Å²) in [6.45, 7) is -0.241. The topological polar surface area (TPSA) is 75.4 Å². The normalized spacial score (nSPS) is 14.8. The van der Waals surface area contributed by atoms with Gasteiger partial charge >= 0.3 is 5.97 Å². The summed E-state index contributed by atoms with van der Waals surface area (Å²) in [5, 5.41) is 12.7. The first-order chi connectivity index (χ1) is 7.59. The lowest BCUT2D eigenvalue weighted by Gasteiger charge is -2.19. The van der Waals surface area contributed by atoms with Crippen LogP contribution >= 0.6 is 0 Å². The van der Waals surface area contributed by atoms with Crippen LogP contribution in [0.5, 0.6) is 0 Å². The van der Waals surface area contributed by atoms with Crippen molar-refractivity contribution in [3.05, 3.63) is 18.0 Å². The second-order valence-corrected chi connectivity index (χ2v) is 3.90. The van der Waals surface area contributed by atoms with E-state index in [4.69, 9.17) is 5.11 Å². The molecule has 1 N–H and O–H groups in total. The zero-order valence-electron chi connectivity index (χ0n) is 8.96. The summed E-state index contributed by atoms with van der Waals surface area (Å²) in [7, 11) is 1.67. The highest BCUT2D eigenvalue weighted by Crippen LogP contribution is 2.27. The van der Waals surface area contributed by atoms with E-state index in [-0.39, 0.29) is 18.5 Å². The molecule has 1 saturated carbocycles. The minimum absolute atomic E-state index is 0.0819. The molecule has 1 aliphatic rings. The Labute approximate surface area is 92.5 Å². The molecular weight excluding hydrogens is 210 g/mol. The second kappa shape index (κ2) is 3.96. The van der Waals surface area contributed by atoms with Crippen molar-refractivity contribution >= 4 is 11.9 Å². The number of hydrogen-bond donors (Lipinski definition) is 1. The summed E-state index contributed by atoms with van der Waals surface area (Å²) in [5.41, 5.74) is 0.424. The highest BCUT2D eigenvalue weighted by molar-refractivity contribution is 5.94. The molecule has 0 aliphatic heterocycles. The minimum Gasteiger partial charge on any atom is -0.480 e. The van der Waals surface area contributed by atoms with Gasteiger partial charge in [-0.25, -0.2) is 0 Å². The largest absolute Gasteiger partial charge is 0.480 e. The van der Waals surface area contributed by atoms with E-state index >= 15 is 0 Å². The maximum absolute atomic E-state index is 12.0. The summed E-state index contributed by atoms with van der Waals surface area (Å²) in [5.74, 6) is -1.24. The van der Waals surface area contributed by atoms with Crippen LogP contribution in [0.1, 0.15) is 23.3 Å². The molecule has 1 heterocycles. The quantitative estimate of drug-likeness (QED) is 0.786. The first-order valence-corrected chi connectivity index (χ1v) is 5.10. The van der Waals surface area contributed by atoms with Crippen LogP contribution in [-0.2, 0) is 11.8 Å². The van der Waals surface area contributed by atoms with Gasteiger partial charge in [-0.3, -0.25) is 14.3 Å². The molecular formula is C10H13N3O3. The fourth-order valence-corrected chi connectivity index (χ4v) is 1.63. The molecule has 0 bridgehead atoms. The van der Waals surface area contributed by atoms with Crippen LogP contribution in [0, 0.1) is 0 Å². The van der Waals surface area contributed by atoms with Gasteiger partial charge in [0.2, 0.25) is 0 Å². The molecule has 2 rings (SSSR count). The summed E-state index contributed by atoms with van der Waals surface area (Å²) in [4.78, 5) is 24.1. The summed E-state index contributed by atoms with van der Waals surface area (Å²) in [6.07, 6.45) is 3.30. The Balaban J connectivity index is 2.17. The molecule has 1 aromatic heterocycles. The number of nitrogens with zero attached hydrogens (tertiary/aromatic N) is 3. The third-order valence-corrected chi connectivity index (χ3v) is 2.59. The van der Waals surface area contributed by atoms with Gasteiger partial charge in [0.15, 0.2) is 0 Å². The molecule has 0 atom stereocenters. The maximum Gasteiger partial charge on any atom is 0.323 e. The van der Waals surface area contributed by atoms with Gasteiger partial charge in [-0.15, -0.1) is 0 Å². The summed E-state index contributed by atoms with van der Waals surface area (Å²) < 4.78 is 1.46. The van der Waals surface area contributed by atoms with E-state index in [9.17, 15) is 9.59 Å². The van der Waals surface area contributed by atoms with Crippen molar-refractivity contribution in [3.8, 4) is 0 Å². The van der Waals surface area contributed by atoms with Gasteiger partial charge in [0.25, 0.3) is 5.91 Å². The highest BCUT2D eigenvalue weighted by Gasteiger charge is 2.35. The Bertz CT molecular complexity index is 423. The van der Waals surface area contributed by atoms with Gasteiger partial charge in [0.1, 0.15) is 12.2 Å². The van der Waals surface area contributed by atoms with Crippen molar-refractivity contribution in [2.75, 3.05) is 6.54 Å². The van der Waals surface area contributed by atoms with E-state index in [1.54, 1.807) is 13.1 Å². The number of carboxylic acid groups (broad SMARTS) is 1. The van der Waals surface area contributed by atoms with Crippen LogP contribution in [-0.4, -0.2) is 44.3 Å². The molecule has 86 valence electrons. The number of hydrogen-bond acceptors (Lipinski definition) is 3. The van der Waals surface area contributed by atoms with Crippen molar-refractivity contribution < 1.29 is 14.7 Å². The monoisotopic (exact) mass is 223 g/mol. The lowest BCUT2D eigenvalue weighted by atomic mass is 10.3. The number of rotatable bonds is 4. The van der Waals surface area contributed by atoms with Gasteiger partial charge < -0.3 is 10.0 Å². The van der Waals surface area contributed by atoms with Gasteiger partial charge in [0, 0.05) is 19.3 Å². The van der Waals surface area contributed by atoms with E-state index in [2.05, 4.69) is 5.10 Å². The molecule has 6 heteroatoms. The Kier molecular flexibility index (Phi) is 2.64. The predicted octanol–water partition coefficient (Wildman–Crippen LogP) is 0.109. The van der Waals surface area contributed by atoms with Crippen molar-refractivity contribution in [1.82, 2.24) is 14.7 Å². The third kappa shape index (κ3) is 2.05. The van der Waals surface area contributed by atoms with Crippen LogP contribution in [0.25, 0.3) is 0 Å². The third-order valence-electron chi connectivity index (χ3n) is 2.59. The fraction of sp³-hybridized carbons (Fsp3) is 0.500. The molecule has 16 heavy (non-hydrogen) atoms. The van der Waals surface area contributed by atoms with E-state index < -0.39 is 5.97 Å². The molecule has 0 unspecified atom stereocenters. The Morgan fingerprint density at radius 3 is 2.75 bits per heavy atom. The zero-order valence-corrected chi connectivity index (χ0v) is 8.96. The van der Waals surface area contributed by atoms with Gasteiger partial charge in [-0.1, -0.05) is 0 Å². The van der Waals surface area contributed by atoms with Crippen LogP contribution < -0.4 is 0 Å². The predicted molar refractivity (Wildman–Crippen MR) is 54.9 cm³/mol. The average molecular weight is 223 g/mol. The van der Waals surface area contributed by atoms with E-state index in [0.717, 1.165) is 12.8 Å². The number of aromatic nitrogens is 2. The molecule has 1 aliphatic carbocycles. The van der Waals surface area contributed by atoms with Crippen LogP contribution in [0.2, 0.25) is 0 Å². The second-order valence-electron chi connectivity index (χ2n) is 3.90. The number of aryl methyl sites for hydroxylation is 1. The smallest absolute Gasteiger partial charge is 0.323 e. The van der Waals surface area contributed by atoms with Gasteiger partial charge in [-0.05, 0) is 18.9 Å². The van der Waals surface area contributed by atoms with E-state index in [1.807, 2.05) is 0 Å². The summed E-state index contributed by atoms with van der Waals surface area (Å²) in [6, 6.07) is 1.68. The lowest BCUT2D eigenvalue weighted by Crippen LogP contribution is -2.38. The van der Waals surface area contributed by atoms with Crippen LogP contribution in [0.4, 0.5) is 0 Å². The Morgan fingerprint density at radius 1 is 1.62 bits per heavy atom. The highest BCUT2D eigenvalue weighted by atomic mass is 16.4. The molecule has 1 amide bonds. The first kappa shape index (κ1) is 10.7. The number of carbonyl (C=O) groups is 2. The fourth-order valence-electron chi connectivity index (χ4n) is 1.63. The van der Waals surface area contributed by atoms with Crippen LogP contribution in [0.3, 0.4) is 0 Å². The van der Waals surface area contributed by atoms with Crippen LogP contribution in [0.15, 0.2) is 12.3 Å². The Hall–Kier alpha value is -1.85. The number of carbonyl (C=O) groups excluding carboxylic acids is 1. The molecule has 1 aromatic rings. The van der Waals surface area contributed by atoms with Crippen molar-refractivity contribution in [3.63, 3.8) is 0 Å². The van der Waals surface area contributed by atoms with E-state index in [0.29, 0.717) is 5.69 Å². The molecule has 1 fully saturated rings. The van der Waals surface area contributed by atoms with Crippen molar-refractivity contribution in [2.45, 2.75) is 18.9 Å².